The fourth-order valence-electron chi connectivity index (χ4n) is 8.15. The van der Waals surface area contributed by atoms with E-state index in [2.05, 4.69) is 193 Å². The average Bonchev–Trinajstić information content (AvgIpc) is 3.84. The topological polar surface area (TPSA) is 16.4 Å². The molecular formula is C52H33NOS. The Labute approximate surface area is 322 Å². The van der Waals surface area contributed by atoms with E-state index in [-0.39, 0.29) is 0 Å². The van der Waals surface area contributed by atoms with Gasteiger partial charge in [0.15, 0.2) is 0 Å². The van der Waals surface area contributed by atoms with Crippen LogP contribution in [0.5, 0.6) is 0 Å². The molecule has 11 aromatic rings. The van der Waals surface area contributed by atoms with Crippen LogP contribution in [0.4, 0.5) is 17.1 Å². The molecule has 55 heavy (non-hydrogen) atoms. The van der Waals surface area contributed by atoms with Crippen molar-refractivity contribution in [2.75, 3.05) is 4.90 Å². The zero-order chi connectivity index (χ0) is 36.3. The van der Waals surface area contributed by atoms with Crippen molar-refractivity contribution in [3.63, 3.8) is 0 Å². The van der Waals surface area contributed by atoms with Crippen LogP contribution in [-0.2, 0) is 0 Å². The molecule has 2 heterocycles. The zero-order valence-corrected chi connectivity index (χ0v) is 30.6. The highest BCUT2D eigenvalue weighted by molar-refractivity contribution is 7.26. The van der Waals surface area contributed by atoms with Crippen LogP contribution in [0.25, 0.3) is 86.3 Å². The number of fused-ring (bicyclic) bond motifs is 7. The Morgan fingerprint density at radius 2 is 0.982 bits per heavy atom. The van der Waals surface area contributed by atoms with Gasteiger partial charge in [0, 0.05) is 43.2 Å². The van der Waals surface area contributed by atoms with E-state index in [1.807, 2.05) is 23.5 Å². The van der Waals surface area contributed by atoms with Crippen molar-refractivity contribution in [1.29, 1.82) is 0 Å². The highest BCUT2D eigenvalue weighted by Crippen LogP contribution is 2.46. The predicted octanol–water partition coefficient (Wildman–Crippen LogP) is 15.6. The van der Waals surface area contributed by atoms with Crippen LogP contribution < -0.4 is 4.90 Å². The van der Waals surface area contributed by atoms with Crippen molar-refractivity contribution in [1.82, 2.24) is 0 Å². The van der Waals surface area contributed by atoms with Gasteiger partial charge in [-0.1, -0.05) is 146 Å². The van der Waals surface area contributed by atoms with Gasteiger partial charge in [-0.25, -0.2) is 0 Å². The number of rotatable bonds is 6. The molecule has 0 N–H and O–H groups in total. The largest absolute Gasteiger partial charge is 0.455 e. The lowest BCUT2D eigenvalue weighted by Gasteiger charge is -2.26. The first-order valence-electron chi connectivity index (χ1n) is 18.7. The molecule has 9 aromatic carbocycles. The van der Waals surface area contributed by atoms with E-state index in [1.165, 1.54) is 53.2 Å². The summed E-state index contributed by atoms with van der Waals surface area (Å²) in [7, 11) is 0. The summed E-state index contributed by atoms with van der Waals surface area (Å²) in [6.07, 6.45) is 0. The number of anilines is 3. The first kappa shape index (κ1) is 31.6. The summed E-state index contributed by atoms with van der Waals surface area (Å²) in [5, 5.41) is 7.36. The van der Waals surface area contributed by atoms with Gasteiger partial charge in [-0.15, -0.1) is 11.3 Å². The summed E-state index contributed by atoms with van der Waals surface area (Å²) in [4.78, 5) is 2.40. The quantitative estimate of drug-likeness (QED) is 0.170. The van der Waals surface area contributed by atoms with Crippen molar-refractivity contribution in [3.8, 4) is 33.4 Å². The van der Waals surface area contributed by atoms with Crippen LogP contribution in [0.15, 0.2) is 205 Å². The lowest BCUT2D eigenvalue weighted by Crippen LogP contribution is -2.10. The lowest BCUT2D eigenvalue weighted by molar-refractivity contribution is 0.670. The molecular weight excluding hydrogens is 687 g/mol. The third kappa shape index (κ3) is 5.40. The van der Waals surface area contributed by atoms with Crippen molar-refractivity contribution in [3.05, 3.63) is 200 Å². The number of nitrogens with zero attached hydrogens (tertiary/aromatic N) is 1. The summed E-state index contributed by atoms with van der Waals surface area (Å²) in [6.45, 7) is 0. The van der Waals surface area contributed by atoms with Crippen LogP contribution in [0.1, 0.15) is 0 Å². The van der Waals surface area contributed by atoms with E-state index in [4.69, 9.17) is 4.42 Å². The second-order valence-corrected chi connectivity index (χ2v) is 15.2. The number of hydrogen-bond acceptors (Lipinski definition) is 3. The second-order valence-electron chi connectivity index (χ2n) is 14.1. The Kier molecular flexibility index (Phi) is 7.39. The molecule has 0 aliphatic heterocycles. The van der Waals surface area contributed by atoms with Crippen molar-refractivity contribution in [2.45, 2.75) is 0 Å². The minimum absolute atomic E-state index is 0.910. The van der Waals surface area contributed by atoms with Gasteiger partial charge in [0.25, 0.3) is 0 Å². The average molecular weight is 720 g/mol. The predicted molar refractivity (Wildman–Crippen MR) is 235 cm³/mol. The molecule has 258 valence electrons. The van der Waals surface area contributed by atoms with Gasteiger partial charge in [0.2, 0.25) is 0 Å². The summed E-state index contributed by atoms with van der Waals surface area (Å²) >= 11 is 1.86. The van der Waals surface area contributed by atoms with E-state index in [9.17, 15) is 0 Å². The standard InChI is InChI=1S/C52H33NOS/c1-2-11-37-33-40(23-22-34(37)10-1)39-13-7-12-38(32-39)35-24-28-41(29-25-35)53(48-19-9-18-47-45-15-4-6-21-50(45)55-52(47)48)42-30-26-36(27-31-42)43-16-8-17-46-44-14-3-5-20-49(44)54-51(43)46/h1-33H. The fraction of sp³-hybridized carbons (Fsp3) is 0. The minimum Gasteiger partial charge on any atom is -0.455 e. The second kappa shape index (κ2) is 12.9. The van der Waals surface area contributed by atoms with E-state index < -0.39 is 0 Å². The van der Waals surface area contributed by atoms with Crippen LogP contribution in [0.2, 0.25) is 0 Å². The van der Waals surface area contributed by atoms with Crippen LogP contribution in [0.3, 0.4) is 0 Å². The molecule has 0 spiro atoms. The molecule has 0 saturated carbocycles. The molecule has 0 bridgehead atoms. The molecule has 0 atom stereocenters. The zero-order valence-electron chi connectivity index (χ0n) is 29.8. The van der Waals surface area contributed by atoms with Gasteiger partial charge in [0.05, 0.1) is 10.4 Å². The summed E-state index contributed by atoms with van der Waals surface area (Å²) in [5.41, 5.74) is 12.2. The number of thiophene rings is 1. The maximum atomic E-state index is 6.42. The van der Waals surface area contributed by atoms with E-state index in [0.29, 0.717) is 0 Å². The third-order valence-corrected chi connectivity index (χ3v) is 12.1. The maximum Gasteiger partial charge on any atom is 0.143 e. The fourth-order valence-corrected chi connectivity index (χ4v) is 9.36. The molecule has 0 unspecified atom stereocenters. The smallest absolute Gasteiger partial charge is 0.143 e. The van der Waals surface area contributed by atoms with E-state index in [1.54, 1.807) is 0 Å². The summed E-state index contributed by atoms with van der Waals surface area (Å²) in [6, 6.07) is 72.2. The van der Waals surface area contributed by atoms with Gasteiger partial charge in [-0.2, -0.15) is 0 Å². The SMILES string of the molecule is c1cc(-c2ccc(N(c3ccc(-c4cccc5c4oc4ccccc45)cc3)c3cccc4c3sc3ccccc34)cc2)cc(-c2ccc3ccccc3c2)c1. The van der Waals surface area contributed by atoms with Gasteiger partial charge in [-0.3, -0.25) is 0 Å². The monoisotopic (exact) mass is 719 g/mol. The Morgan fingerprint density at radius 1 is 0.382 bits per heavy atom. The Morgan fingerprint density at radius 3 is 1.82 bits per heavy atom. The highest BCUT2D eigenvalue weighted by atomic mass is 32.1. The van der Waals surface area contributed by atoms with Crippen molar-refractivity contribution >= 4 is 81.3 Å². The number of hydrogen-bond donors (Lipinski definition) is 0. The van der Waals surface area contributed by atoms with E-state index >= 15 is 0 Å². The first-order valence-corrected chi connectivity index (χ1v) is 19.5. The van der Waals surface area contributed by atoms with Crippen LogP contribution in [-0.4, -0.2) is 0 Å². The Hall–Kier alpha value is -6.94. The van der Waals surface area contributed by atoms with Crippen LogP contribution >= 0.6 is 11.3 Å². The molecule has 0 radical (unpaired) electrons. The number of furan rings is 1. The molecule has 2 aromatic heterocycles. The molecule has 0 aliphatic rings. The molecule has 11 rings (SSSR count). The molecule has 2 nitrogen and oxygen atoms in total. The highest BCUT2D eigenvalue weighted by Gasteiger charge is 2.19. The molecule has 0 saturated heterocycles. The van der Waals surface area contributed by atoms with Crippen molar-refractivity contribution in [2.24, 2.45) is 0 Å². The summed E-state index contributed by atoms with van der Waals surface area (Å²) in [5.74, 6) is 0. The van der Waals surface area contributed by atoms with Gasteiger partial charge >= 0.3 is 0 Å². The maximum absolute atomic E-state index is 6.42. The van der Waals surface area contributed by atoms with Crippen molar-refractivity contribution < 1.29 is 4.42 Å². The minimum atomic E-state index is 0.910. The first-order chi connectivity index (χ1) is 27.2. The Balaban J connectivity index is 1.01. The molecule has 3 heteroatoms. The van der Waals surface area contributed by atoms with Gasteiger partial charge < -0.3 is 9.32 Å². The lowest BCUT2D eigenvalue weighted by atomic mass is 9.97. The summed E-state index contributed by atoms with van der Waals surface area (Å²) < 4.78 is 8.98. The molecule has 0 fully saturated rings. The molecule has 0 amide bonds. The number of para-hydroxylation sites is 2. The normalized spacial score (nSPS) is 11.6. The van der Waals surface area contributed by atoms with Crippen LogP contribution in [0, 0.1) is 0 Å². The van der Waals surface area contributed by atoms with Gasteiger partial charge in [-0.05, 0) is 93.2 Å². The number of benzene rings is 9. The molecule has 0 aliphatic carbocycles. The Bertz CT molecular complexity index is 3210. The third-order valence-electron chi connectivity index (χ3n) is 10.9. The van der Waals surface area contributed by atoms with Gasteiger partial charge in [0.1, 0.15) is 11.2 Å². The van der Waals surface area contributed by atoms with E-state index in [0.717, 1.165) is 50.1 Å².